The molecule has 0 radical (unpaired) electrons. The lowest BCUT2D eigenvalue weighted by Crippen LogP contribution is -2.43. The van der Waals surface area contributed by atoms with E-state index in [4.69, 9.17) is 10.2 Å². The molecule has 0 aliphatic rings. The van der Waals surface area contributed by atoms with Crippen molar-refractivity contribution in [3.05, 3.63) is 0 Å². The molecule has 14 heavy (non-hydrogen) atoms. The highest BCUT2D eigenvalue weighted by molar-refractivity contribution is 6.71. The van der Waals surface area contributed by atoms with Gasteiger partial charge in [0.05, 0.1) is 0 Å². The molecule has 0 bridgehead atoms. The van der Waals surface area contributed by atoms with Crippen LogP contribution >= 0.6 is 12.4 Å². The van der Waals surface area contributed by atoms with Crippen LogP contribution in [0.3, 0.4) is 0 Å². The minimum Gasteiger partial charge on any atom is -0.519 e. The Morgan fingerprint density at radius 2 is 1.86 bits per heavy atom. The first-order valence-electron chi connectivity index (χ1n) is 4.76. The molecule has 0 spiro atoms. The highest BCUT2D eigenvalue weighted by Crippen LogP contribution is 2.10. The predicted octanol–water partition coefficient (Wildman–Crippen LogP) is 2.16. The van der Waals surface area contributed by atoms with Crippen LogP contribution in [0.25, 0.3) is 0 Å². The SMILES string of the molecule is CC[C@H](C)[C@H](N)C(=O)O[Si](C)(C)C.Cl. The number of nitrogens with two attached hydrogens (primary N) is 1. The van der Waals surface area contributed by atoms with Gasteiger partial charge in [-0.1, -0.05) is 20.3 Å². The number of rotatable bonds is 4. The Morgan fingerprint density at radius 1 is 1.43 bits per heavy atom. The van der Waals surface area contributed by atoms with Gasteiger partial charge < -0.3 is 10.2 Å². The summed E-state index contributed by atoms with van der Waals surface area (Å²) in [5.74, 6) is -0.0441. The van der Waals surface area contributed by atoms with E-state index >= 15 is 0 Å². The quantitative estimate of drug-likeness (QED) is 0.765. The van der Waals surface area contributed by atoms with Crippen LogP contribution in [0.1, 0.15) is 20.3 Å². The molecule has 0 aromatic rings. The van der Waals surface area contributed by atoms with Crippen molar-refractivity contribution in [2.24, 2.45) is 11.7 Å². The molecule has 0 aromatic carbocycles. The van der Waals surface area contributed by atoms with Gasteiger partial charge in [-0.05, 0) is 25.6 Å². The third kappa shape index (κ3) is 6.40. The summed E-state index contributed by atoms with van der Waals surface area (Å²) in [6.07, 6.45) is 0.905. The van der Waals surface area contributed by atoms with Gasteiger partial charge in [0.1, 0.15) is 6.04 Å². The predicted molar refractivity (Wildman–Crippen MR) is 64.1 cm³/mol. The second-order valence-electron chi connectivity index (χ2n) is 4.44. The molecule has 0 aliphatic heterocycles. The van der Waals surface area contributed by atoms with E-state index in [1.807, 2.05) is 33.5 Å². The van der Waals surface area contributed by atoms with E-state index in [-0.39, 0.29) is 24.3 Å². The molecule has 0 saturated heterocycles. The van der Waals surface area contributed by atoms with Crippen molar-refractivity contribution in [1.82, 2.24) is 0 Å². The van der Waals surface area contributed by atoms with Gasteiger partial charge in [-0.2, -0.15) is 0 Å². The summed E-state index contributed by atoms with van der Waals surface area (Å²) in [5.41, 5.74) is 5.73. The fraction of sp³-hybridized carbons (Fsp3) is 0.889. The molecule has 86 valence electrons. The monoisotopic (exact) mass is 239 g/mol. The van der Waals surface area contributed by atoms with Crippen LogP contribution in [-0.4, -0.2) is 20.3 Å². The van der Waals surface area contributed by atoms with Crippen molar-refractivity contribution in [2.45, 2.75) is 46.0 Å². The number of hydrogen-bond donors (Lipinski definition) is 1. The van der Waals surface area contributed by atoms with E-state index in [0.29, 0.717) is 0 Å². The molecule has 0 unspecified atom stereocenters. The van der Waals surface area contributed by atoms with Crippen LogP contribution < -0.4 is 5.73 Å². The fourth-order valence-electron chi connectivity index (χ4n) is 0.856. The van der Waals surface area contributed by atoms with Crippen molar-refractivity contribution < 1.29 is 9.22 Å². The molecule has 3 nitrogen and oxygen atoms in total. The zero-order valence-electron chi connectivity index (χ0n) is 9.66. The van der Waals surface area contributed by atoms with Crippen molar-refractivity contribution >= 4 is 26.7 Å². The van der Waals surface area contributed by atoms with Gasteiger partial charge in [-0.15, -0.1) is 12.4 Å². The molecule has 0 saturated carbocycles. The Labute approximate surface area is 93.9 Å². The standard InChI is InChI=1S/C9H21NO2Si.ClH/c1-6-7(2)8(10)9(11)12-13(3,4)5;/h7-8H,6,10H2,1-5H3;1H/t7-,8-;/m0./s1. The van der Waals surface area contributed by atoms with Gasteiger partial charge in [0.15, 0.2) is 0 Å². The lowest BCUT2D eigenvalue weighted by molar-refractivity contribution is -0.137. The second-order valence-corrected chi connectivity index (χ2v) is 8.87. The fourth-order valence-corrected chi connectivity index (χ4v) is 1.60. The summed E-state index contributed by atoms with van der Waals surface area (Å²) in [5, 5.41) is 0. The minimum absolute atomic E-state index is 0. The Bertz CT molecular complexity index is 182. The van der Waals surface area contributed by atoms with Crippen molar-refractivity contribution in [2.75, 3.05) is 0 Å². The zero-order valence-corrected chi connectivity index (χ0v) is 11.5. The van der Waals surface area contributed by atoms with E-state index in [0.717, 1.165) is 6.42 Å². The molecule has 0 aliphatic carbocycles. The van der Waals surface area contributed by atoms with Gasteiger partial charge in [0.25, 0.3) is 0 Å². The van der Waals surface area contributed by atoms with Gasteiger partial charge >= 0.3 is 5.97 Å². The maximum Gasteiger partial charge on any atom is 0.309 e. The average molecular weight is 240 g/mol. The summed E-state index contributed by atoms with van der Waals surface area (Å²) in [6.45, 7) is 9.93. The molecule has 0 rings (SSSR count). The van der Waals surface area contributed by atoms with E-state index in [1.54, 1.807) is 0 Å². The normalized spacial score (nSPS) is 15.3. The molecule has 0 heterocycles. The second kappa shape index (κ2) is 6.43. The topological polar surface area (TPSA) is 52.3 Å². The van der Waals surface area contributed by atoms with Crippen LogP contribution in [0.5, 0.6) is 0 Å². The van der Waals surface area contributed by atoms with Crippen LogP contribution in [0.2, 0.25) is 19.6 Å². The summed E-state index contributed by atoms with van der Waals surface area (Å²) in [6, 6.07) is -0.461. The highest BCUT2D eigenvalue weighted by atomic mass is 35.5. The van der Waals surface area contributed by atoms with E-state index in [1.165, 1.54) is 0 Å². The van der Waals surface area contributed by atoms with Crippen LogP contribution in [0.15, 0.2) is 0 Å². The molecular formula is C9H22ClNO2Si. The van der Waals surface area contributed by atoms with E-state index in [2.05, 4.69) is 0 Å². The molecule has 0 fully saturated rings. The molecular weight excluding hydrogens is 218 g/mol. The number of carbonyl (C=O) groups is 1. The van der Waals surface area contributed by atoms with Crippen LogP contribution in [0, 0.1) is 5.92 Å². The first-order chi connectivity index (χ1) is 5.78. The average Bonchev–Trinajstić information content (AvgIpc) is 1.98. The lowest BCUT2D eigenvalue weighted by Gasteiger charge is -2.23. The summed E-state index contributed by atoms with van der Waals surface area (Å²) >= 11 is 0. The zero-order chi connectivity index (χ0) is 10.6. The first kappa shape index (κ1) is 16.4. The largest absolute Gasteiger partial charge is 0.519 e. The molecule has 2 N–H and O–H groups in total. The van der Waals surface area contributed by atoms with Gasteiger partial charge in [-0.25, -0.2) is 0 Å². The maximum atomic E-state index is 11.4. The minimum atomic E-state index is -1.77. The van der Waals surface area contributed by atoms with Crippen molar-refractivity contribution in [3.63, 3.8) is 0 Å². The van der Waals surface area contributed by atoms with Gasteiger partial charge in [0.2, 0.25) is 8.32 Å². The van der Waals surface area contributed by atoms with Crippen LogP contribution in [-0.2, 0) is 9.22 Å². The molecule has 2 atom stereocenters. The number of hydrogen-bond acceptors (Lipinski definition) is 3. The third-order valence-corrected chi connectivity index (χ3v) is 2.75. The molecule has 0 amide bonds. The Kier molecular flexibility index (Phi) is 7.51. The van der Waals surface area contributed by atoms with Crippen LogP contribution in [0.4, 0.5) is 0 Å². The van der Waals surface area contributed by atoms with Gasteiger partial charge in [0, 0.05) is 0 Å². The summed E-state index contributed by atoms with van der Waals surface area (Å²) < 4.78 is 5.30. The smallest absolute Gasteiger partial charge is 0.309 e. The highest BCUT2D eigenvalue weighted by Gasteiger charge is 2.26. The third-order valence-electron chi connectivity index (χ3n) is 1.94. The summed E-state index contributed by atoms with van der Waals surface area (Å²) in [4.78, 5) is 11.4. The van der Waals surface area contributed by atoms with Crippen molar-refractivity contribution in [3.8, 4) is 0 Å². The lowest BCUT2D eigenvalue weighted by atomic mass is 10.0. The molecule has 0 aromatic heterocycles. The molecule has 5 heteroatoms. The first-order valence-corrected chi connectivity index (χ1v) is 8.17. The summed E-state index contributed by atoms with van der Waals surface area (Å²) in [7, 11) is -1.77. The Balaban J connectivity index is 0. The van der Waals surface area contributed by atoms with Gasteiger partial charge in [-0.3, -0.25) is 4.79 Å². The van der Waals surface area contributed by atoms with E-state index < -0.39 is 14.4 Å². The van der Waals surface area contributed by atoms with E-state index in [9.17, 15) is 4.79 Å². The number of carbonyl (C=O) groups excluding carboxylic acids is 1. The number of halogens is 1. The maximum absolute atomic E-state index is 11.4. The Morgan fingerprint density at radius 3 is 2.14 bits per heavy atom. The Hall–Kier alpha value is -0.0631. The van der Waals surface area contributed by atoms with Crippen molar-refractivity contribution in [1.29, 1.82) is 0 Å².